The molecule has 0 unspecified atom stereocenters. The molecule has 2 amide bonds. The smallest absolute Gasteiger partial charge is 0.259 e. The Morgan fingerprint density at radius 1 is 0.774 bits per heavy atom. The molecule has 0 bridgehead atoms. The molecule has 1 saturated heterocycles. The van der Waals surface area contributed by atoms with Crippen molar-refractivity contribution in [2.24, 2.45) is 11.0 Å². The number of benzene rings is 3. The van der Waals surface area contributed by atoms with Gasteiger partial charge in [0, 0.05) is 10.6 Å². The predicted octanol–water partition coefficient (Wildman–Crippen LogP) is 3.96. The Morgan fingerprint density at radius 2 is 1.39 bits per heavy atom. The van der Waals surface area contributed by atoms with Gasteiger partial charge in [-0.3, -0.25) is 19.4 Å². The summed E-state index contributed by atoms with van der Waals surface area (Å²) in [6.45, 7) is 0. The van der Waals surface area contributed by atoms with Gasteiger partial charge in [0.15, 0.2) is 0 Å². The first kappa shape index (κ1) is 19.2. The summed E-state index contributed by atoms with van der Waals surface area (Å²) in [5, 5.41) is 6.45. The number of carbonyl (C=O) groups is 3. The van der Waals surface area contributed by atoms with E-state index in [1.807, 2.05) is 18.2 Å². The van der Waals surface area contributed by atoms with E-state index in [-0.39, 0.29) is 11.5 Å². The van der Waals surface area contributed by atoms with Crippen LogP contribution in [0.1, 0.15) is 10.4 Å². The number of halogens is 1. The molecule has 0 N–H and O–H groups in total. The fraction of sp³-hybridized carbons (Fsp3) is 0.0833. The van der Waals surface area contributed by atoms with Crippen LogP contribution < -0.4 is 9.91 Å². The Bertz CT molecular complexity index is 1210. The van der Waals surface area contributed by atoms with Gasteiger partial charge in [0.1, 0.15) is 17.7 Å². The molecule has 7 heteroatoms. The number of rotatable bonds is 4. The van der Waals surface area contributed by atoms with Crippen LogP contribution in [0.15, 0.2) is 90.0 Å². The van der Waals surface area contributed by atoms with Crippen LogP contribution in [0.2, 0.25) is 5.02 Å². The van der Waals surface area contributed by atoms with Gasteiger partial charge in [-0.25, -0.2) is 4.90 Å². The molecule has 3 aromatic rings. The lowest BCUT2D eigenvalue weighted by Crippen LogP contribution is -2.39. The van der Waals surface area contributed by atoms with Crippen molar-refractivity contribution in [3.8, 4) is 0 Å². The van der Waals surface area contributed by atoms with Crippen LogP contribution in [0.3, 0.4) is 0 Å². The molecule has 0 radical (unpaired) electrons. The van der Waals surface area contributed by atoms with Crippen LogP contribution in [0.4, 0.5) is 11.4 Å². The van der Waals surface area contributed by atoms with Crippen molar-refractivity contribution in [3.63, 3.8) is 0 Å². The summed E-state index contributed by atoms with van der Waals surface area (Å²) in [4.78, 5) is 41.2. The van der Waals surface area contributed by atoms with Crippen molar-refractivity contribution < 1.29 is 14.4 Å². The maximum Gasteiger partial charge on any atom is 0.259 e. The fourth-order valence-electron chi connectivity index (χ4n) is 3.98. The van der Waals surface area contributed by atoms with Gasteiger partial charge in [-0.2, -0.15) is 5.10 Å². The van der Waals surface area contributed by atoms with E-state index in [0.717, 1.165) is 4.90 Å². The minimum absolute atomic E-state index is 0.0647. The molecule has 31 heavy (non-hydrogen) atoms. The molecular weight excluding hydrogens is 414 g/mol. The van der Waals surface area contributed by atoms with Crippen LogP contribution >= 0.6 is 11.6 Å². The van der Waals surface area contributed by atoms with Crippen molar-refractivity contribution in [1.29, 1.82) is 0 Å². The highest BCUT2D eigenvalue weighted by Gasteiger charge is 2.58. The number of anilines is 2. The van der Waals surface area contributed by atoms with Crippen molar-refractivity contribution in [2.75, 3.05) is 9.91 Å². The van der Waals surface area contributed by atoms with Crippen LogP contribution in [-0.2, 0) is 9.59 Å². The molecule has 0 spiro atoms. The van der Waals surface area contributed by atoms with Gasteiger partial charge in [0.05, 0.1) is 11.4 Å². The third-order valence-corrected chi connectivity index (χ3v) is 5.68. The quantitative estimate of drug-likeness (QED) is 0.465. The minimum atomic E-state index is -0.990. The van der Waals surface area contributed by atoms with E-state index < -0.39 is 23.8 Å². The fourth-order valence-corrected chi connectivity index (χ4v) is 4.10. The first-order valence-electron chi connectivity index (χ1n) is 9.72. The van der Waals surface area contributed by atoms with E-state index in [1.54, 1.807) is 66.7 Å². The second kappa shape index (κ2) is 7.49. The number of ketones is 1. The highest BCUT2D eigenvalue weighted by molar-refractivity contribution is 6.53. The van der Waals surface area contributed by atoms with Crippen LogP contribution in [0.5, 0.6) is 0 Å². The molecule has 0 aliphatic carbocycles. The average molecular weight is 430 g/mol. The molecule has 6 nitrogen and oxygen atoms in total. The highest BCUT2D eigenvalue weighted by atomic mass is 35.5. The van der Waals surface area contributed by atoms with Crippen molar-refractivity contribution in [3.05, 3.63) is 95.5 Å². The second-order valence-corrected chi connectivity index (χ2v) is 7.71. The number of hydrogen-bond acceptors (Lipinski definition) is 5. The maximum atomic E-state index is 13.4. The standard InChI is InChI=1S/C24H16ClN3O3/c25-16-11-13-17(14-12-16)27-23(30)19-20(22(29)15-7-3-1-4-8-15)26-28(21(19)24(27)31)18-9-5-2-6-10-18/h1-14,19,21H/t19-,21+/m1/s1. The highest BCUT2D eigenvalue weighted by Crippen LogP contribution is 2.38. The molecule has 1 fully saturated rings. The summed E-state index contributed by atoms with van der Waals surface area (Å²) < 4.78 is 0. The Labute approximate surface area is 183 Å². The Balaban J connectivity index is 1.61. The first-order chi connectivity index (χ1) is 15.1. The van der Waals surface area contributed by atoms with E-state index in [9.17, 15) is 14.4 Å². The lowest BCUT2D eigenvalue weighted by atomic mass is 9.92. The van der Waals surface area contributed by atoms with E-state index in [4.69, 9.17) is 11.6 Å². The predicted molar refractivity (Wildman–Crippen MR) is 118 cm³/mol. The third kappa shape index (κ3) is 3.12. The van der Waals surface area contributed by atoms with Crippen LogP contribution in [0.25, 0.3) is 0 Å². The Morgan fingerprint density at radius 3 is 2.03 bits per heavy atom. The van der Waals surface area contributed by atoms with Gasteiger partial charge < -0.3 is 0 Å². The molecule has 5 rings (SSSR count). The average Bonchev–Trinajstić information content (AvgIpc) is 3.32. The number of hydrazone groups is 1. The van der Waals surface area contributed by atoms with Crippen LogP contribution in [-0.4, -0.2) is 29.4 Å². The zero-order valence-corrected chi connectivity index (χ0v) is 16.9. The van der Waals surface area contributed by atoms with Gasteiger partial charge in [-0.1, -0.05) is 60.1 Å². The zero-order valence-electron chi connectivity index (χ0n) is 16.2. The number of hydrogen-bond donors (Lipinski definition) is 0. The minimum Gasteiger partial charge on any atom is -0.287 e. The van der Waals surface area contributed by atoms with Gasteiger partial charge >= 0.3 is 0 Å². The largest absolute Gasteiger partial charge is 0.287 e. The van der Waals surface area contributed by atoms with E-state index >= 15 is 0 Å². The van der Waals surface area contributed by atoms with Crippen molar-refractivity contribution in [1.82, 2.24) is 0 Å². The second-order valence-electron chi connectivity index (χ2n) is 7.27. The van der Waals surface area contributed by atoms with Gasteiger partial charge in [0.2, 0.25) is 11.7 Å². The van der Waals surface area contributed by atoms with Crippen molar-refractivity contribution in [2.45, 2.75) is 6.04 Å². The number of carbonyl (C=O) groups excluding carboxylic acids is 3. The Kier molecular flexibility index (Phi) is 4.64. The summed E-state index contributed by atoms with van der Waals surface area (Å²) in [5.74, 6) is -2.26. The molecule has 3 aromatic carbocycles. The first-order valence-corrected chi connectivity index (χ1v) is 10.1. The van der Waals surface area contributed by atoms with Gasteiger partial charge in [-0.15, -0.1) is 0 Å². The van der Waals surface area contributed by atoms with Gasteiger partial charge in [0.25, 0.3) is 5.91 Å². The molecular formula is C24H16ClN3O3. The number of Topliss-reactive ketones (excluding diaryl/α,β-unsaturated/α-hetero) is 1. The molecule has 2 aliphatic heterocycles. The van der Waals surface area contributed by atoms with E-state index in [1.165, 1.54) is 5.01 Å². The monoisotopic (exact) mass is 429 g/mol. The topological polar surface area (TPSA) is 70.1 Å². The number of nitrogens with zero attached hydrogens (tertiary/aromatic N) is 3. The number of fused-ring (bicyclic) bond motifs is 1. The summed E-state index contributed by atoms with van der Waals surface area (Å²) in [6, 6.07) is 23.2. The van der Waals surface area contributed by atoms with E-state index in [2.05, 4.69) is 5.10 Å². The summed E-state index contributed by atoms with van der Waals surface area (Å²) in [7, 11) is 0. The summed E-state index contributed by atoms with van der Waals surface area (Å²) in [6.07, 6.45) is 0. The maximum absolute atomic E-state index is 13.4. The zero-order chi connectivity index (χ0) is 21.5. The number of amides is 2. The number of imide groups is 1. The molecule has 0 aromatic heterocycles. The van der Waals surface area contributed by atoms with Gasteiger partial charge in [-0.05, 0) is 36.4 Å². The summed E-state index contributed by atoms with van der Waals surface area (Å²) in [5.41, 5.74) is 1.52. The number of para-hydroxylation sites is 1. The summed E-state index contributed by atoms with van der Waals surface area (Å²) >= 11 is 5.96. The normalized spacial score (nSPS) is 20.1. The third-order valence-electron chi connectivity index (χ3n) is 5.42. The Hall–Kier alpha value is -3.77. The molecule has 2 aliphatic rings. The molecule has 152 valence electrons. The molecule has 0 saturated carbocycles. The lowest BCUT2D eigenvalue weighted by molar-refractivity contribution is -0.121. The van der Waals surface area contributed by atoms with Crippen LogP contribution in [0, 0.1) is 5.92 Å². The van der Waals surface area contributed by atoms with Crippen molar-refractivity contribution >= 4 is 46.3 Å². The molecule has 2 atom stereocenters. The van der Waals surface area contributed by atoms with E-state index in [0.29, 0.717) is 22.0 Å². The lowest BCUT2D eigenvalue weighted by Gasteiger charge is -2.22. The SMILES string of the molecule is O=C(C1=NN(c2ccccc2)[C@@H]2C(=O)N(c3ccc(Cl)cc3)C(=O)[C@H]12)c1ccccc1. The molecule has 2 heterocycles.